The third-order valence-corrected chi connectivity index (χ3v) is 3.39. The van der Waals surface area contributed by atoms with Gasteiger partial charge in [-0.2, -0.15) is 0 Å². The lowest BCUT2D eigenvalue weighted by Gasteiger charge is -2.19. The van der Waals surface area contributed by atoms with E-state index in [9.17, 15) is 14.0 Å². The molecular weight excluding hydrogens is 315 g/mol. The van der Waals surface area contributed by atoms with E-state index in [0.29, 0.717) is 17.1 Å². The maximum absolute atomic E-state index is 13.6. The lowest BCUT2D eigenvalue weighted by Crippen LogP contribution is -2.30. The number of ether oxygens (including phenoxy) is 2. The first-order valence-electron chi connectivity index (χ1n) is 7.31. The summed E-state index contributed by atoms with van der Waals surface area (Å²) in [6, 6.07) is 10.7. The second-order valence-electron chi connectivity index (χ2n) is 5.23. The van der Waals surface area contributed by atoms with Gasteiger partial charge in [-0.25, -0.2) is 4.39 Å². The molecule has 1 aliphatic rings. The van der Waals surface area contributed by atoms with Gasteiger partial charge in [0.25, 0.3) is 11.8 Å². The monoisotopic (exact) mass is 330 g/mol. The van der Waals surface area contributed by atoms with Crippen LogP contribution in [0, 0.1) is 5.82 Å². The average Bonchev–Trinajstić information content (AvgIpc) is 2.56. The Hall–Kier alpha value is -3.09. The van der Waals surface area contributed by atoms with Crippen molar-refractivity contribution >= 4 is 23.2 Å². The summed E-state index contributed by atoms with van der Waals surface area (Å²) in [5.74, 6) is -0.705. The molecule has 0 radical (unpaired) electrons. The molecule has 0 aromatic heterocycles. The molecule has 2 aromatic carbocycles. The Bertz CT molecular complexity index is 794. The van der Waals surface area contributed by atoms with Gasteiger partial charge in [-0.15, -0.1) is 0 Å². The number of nitrogens with one attached hydrogen (secondary N) is 2. The molecule has 3 rings (SSSR count). The van der Waals surface area contributed by atoms with E-state index in [1.165, 1.54) is 25.1 Å². The SMILES string of the molecule is CC(Oc1ccccc1F)C(=O)Nc1ccc2c(c1)NC(=O)CO2. The number of rotatable bonds is 4. The fourth-order valence-electron chi connectivity index (χ4n) is 2.19. The fraction of sp³-hybridized carbons (Fsp3) is 0.176. The van der Waals surface area contributed by atoms with Crippen molar-refractivity contribution in [3.05, 3.63) is 48.3 Å². The summed E-state index contributed by atoms with van der Waals surface area (Å²) in [4.78, 5) is 23.5. The van der Waals surface area contributed by atoms with E-state index in [0.717, 1.165) is 0 Å². The Labute approximate surface area is 137 Å². The lowest BCUT2D eigenvalue weighted by molar-refractivity contribution is -0.122. The zero-order valence-electron chi connectivity index (χ0n) is 12.8. The first-order chi connectivity index (χ1) is 11.5. The topological polar surface area (TPSA) is 76.7 Å². The number of hydrogen-bond acceptors (Lipinski definition) is 4. The van der Waals surface area contributed by atoms with Crippen LogP contribution in [0.2, 0.25) is 0 Å². The molecule has 0 saturated carbocycles. The summed E-state index contributed by atoms with van der Waals surface area (Å²) >= 11 is 0. The number of halogens is 1. The smallest absolute Gasteiger partial charge is 0.265 e. The van der Waals surface area contributed by atoms with Crippen LogP contribution < -0.4 is 20.1 Å². The van der Waals surface area contributed by atoms with E-state index in [4.69, 9.17) is 9.47 Å². The number of anilines is 2. The summed E-state index contributed by atoms with van der Waals surface area (Å²) in [6.45, 7) is 1.48. The molecule has 1 atom stereocenters. The van der Waals surface area contributed by atoms with Crippen molar-refractivity contribution in [2.24, 2.45) is 0 Å². The molecule has 2 aromatic rings. The fourth-order valence-corrected chi connectivity index (χ4v) is 2.19. The van der Waals surface area contributed by atoms with Gasteiger partial charge in [0.2, 0.25) is 0 Å². The van der Waals surface area contributed by atoms with Crippen molar-refractivity contribution in [3.8, 4) is 11.5 Å². The molecule has 0 saturated heterocycles. The van der Waals surface area contributed by atoms with E-state index in [-0.39, 0.29) is 18.3 Å². The quantitative estimate of drug-likeness (QED) is 0.903. The van der Waals surface area contributed by atoms with Crippen molar-refractivity contribution in [3.63, 3.8) is 0 Å². The third kappa shape index (κ3) is 3.45. The minimum Gasteiger partial charge on any atom is -0.482 e. The standard InChI is InChI=1S/C17H15FN2O4/c1-10(24-14-5-3-2-4-12(14)18)17(22)19-11-6-7-15-13(8-11)20-16(21)9-23-15/h2-8,10H,9H2,1H3,(H,19,22)(H,20,21). The van der Waals surface area contributed by atoms with E-state index >= 15 is 0 Å². The lowest BCUT2D eigenvalue weighted by atomic mass is 10.2. The number of para-hydroxylation sites is 1. The van der Waals surface area contributed by atoms with Crippen LogP contribution in [-0.4, -0.2) is 24.5 Å². The maximum atomic E-state index is 13.6. The van der Waals surface area contributed by atoms with Crippen LogP contribution >= 0.6 is 0 Å². The molecule has 1 unspecified atom stereocenters. The number of hydrogen-bond donors (Lipinski definition) is 2. The first kappa shape index (κ1) is 15.8. The van der Waals surface area contributed by atoms with Crippen LogP contribution in [0.1, 0.15) is 6.92 Å². The van der Waals surface area contributed by atoms with Crippen molar-refractivity contribution in [1.82, 2.24) is 0 Å². The minimum absolute atomic E-state index is 0.00579. The number of benzene rings is 2. The van der Waals surface area contributed by atoms with Crippen molar-refractivity contribution < 1.29 is 23.5 Å². The van der Waals surface area contributed by atoms with Gasteiger partial charge in [0.15, 0.2) is 24.3 Å². The van der Waals surface area contributed by atoms with Gasteiger partial charge in [-0.05, 0) is 37.3 Å². The molecule has 0 spiro atoms. The molecule has 24 heavy (non-hydrogen) atoms. The van der Waals surface area contributed by atoms with Gasteiger partial charge >= 0.3 is 0 Å². The number of carbonyl (C=O) groups excluding carboxylic acids is 2. The summed E-state index contributed by atoms with van der Waals surface area (Å²) in [7, 11) is 0. The van der Waals surface area contributed by atoms with Gasteiger partial charge in [-0.1, -0.05) is 12.1 Å². The molecular formula is C17H15FN2O4. The van der Waals surface area contributed by atoms with E-state index in [1.54, 1.807) is 24.3 Å². The summed E-state index contributed by atoms with van der Waals surface area (Å²) < 4.78 is 24.1. The van der Waals surface area contributed by atoms with Crippen LogP contribution in [-0.2, 0) is 9.59 Å². The van der Waals surface area contributed by atoms with Gasteiger partial charge in [0.1, 0.15) is 5.75 Å². The predicted molar refractivity (Wildman–Crippen MR) is 85.7 cm³/mol. The Morgan fingerprint density at radius 2 is 2.12 bits per heavy atom. The van der Waals surface area contributed by atoms with Crippen LogP contribution in [0.15, 0.2) is 42.5 Å². The van der Waals surface area contributed by atoms with E-state index in [1.807, 2.05) is 0 Å². The highest BCUT2D eigenvalue weighted by atomic mass is 19.1. The van der Waals surface area contributed by atoms with Crippen molar-refractivity contribution in [2.45, 2.75) is 13.0 Å². The number of carbonyl (C=O) groups is 2. The first-order valence-corrected chi connectivity index (χ1v) is 7.31. The highest BCUT2D eigenvalue weighted by Crippen LogP contribution is 2.30. The van der Waals surface area contributed by atoms with Crippen LogP contribution in [0.25, 0.3) is 0 Å². The second kappa shape index (κ2) is 6.57. The molecule has 7 heteroatoms. The normalized spacial score (nSPS) is 14.0. The average molecular weight is 330 g/mol. The van der Waals surface area contributed by atoms with E-state index < -0.39 is 17.8 Å². The Balaban J connectivity index is 1.67. The Morgan fingerprint density at radius 3 is 2.92 bits per heavy atom. The maximum Gasteiger partial charge on any atom is 0.265 e. The molecule has 1 heterocycles. The minimum atomic E-state index is -0.899. The van der Waals surface area contributed by atoms with Crippen LogP contribution in [0.4, 0.5) is 15.8 Å². The Morgan fingerprint density at radius 1 is 1.33 bits per heavy atom. The molecule has 2 N–H and O–H groups in total. The number of amides is 2. The molecule has 6 nitrogen and oxygen atoms in total. The summed E-state index contributed by atoms with van der Waals surface area (Å²) in [6.07, 6.45) is -0.899. The van der Waals surface area contributed by atoms with E-state index in [2.05, 4.69) is 10.6 Å². The number of fused-ring (bicyclic) bond motifs is 1. The van der Waals surface area contributed by atoms with Gasteiger partial charge in [0, 0.05) is 5.69 Å². The highest BCUT2D eigenvalue weighted by molar-refractivity contribution is 5.98. The summed E-state index contributed by atoms with van der Waals surface area (Å²) in [5, 5.41) is 5.31. The molecule has 124 valence electrons. The predicted octanol–water partition coefficient (Wildman–Crippen LogP) is 2.56. The van der Waals surface area contributed by atoms with Gasteiger partial charge < -0.3 is 20.1 Å². The molecule has 0 aliphatic carbocycles. The highest BCUT2D eigenvalue weighted by Gasteiger charge is 2.19. The summed E-state index contributed by atoms with van der Waals surface area (Å²) in [5.41, 5.74) is 0.945. The molecule has 1 aliphatic heterocycles. The zero-order valence-corrected chi connectivity index (χ0v) is 12.8. The third-order valence-electron chi connectivity index (χ3n) is 3.39. The van der Waals surface area contributed by atoms with Crippen LogP contribution in [0.3, 0.4) is 0 Å². The molecule has 0 bridgehead atoms. The second-order valence-corrected chi connectivity index (χ2v) is 5.23. The van der Waals surface area contributed by atoms with Crippen molar-refractivity contribution in [1.29, 1.82) is 0 Å². The van der Waals surface area contributed by atoms with Gasteiger partial charge in [0.05, 0.1) is 5.69 Å². The largest absolute Gasteiger partial charge is 0.482 e. The van der Waals surface area contributed by atoms with Crippen LogP contribution in [0.5, 0.6) is 11.5 Å². The Kier molecular flexibility index (Phi) is 4.33. The molecule has 2 amide bonds. The zero-order chi connectivity index (χ0) is 17.1. The molecule has 0 fully saturated rings. The van der Waals surface area contributed by atoms with Crippen molar-refractivity contribution in [2.75, 3.05) is 17.2 Å². The van der Waals surface area contributed by atoms with Gasteiger partial charge in [-0.3, -0.25) is 9.59 Å².